The van der Waals surface area contributed by atoms with Crippen molar-refractivity contribution in [3.05, 3.63) is 42.2 Å². The van der Waals surface area contributed by atoms with Gasteiger partial charge in [0.1, 0.15) is 0 Å². The van der Waals surface area contributed by atoms with E-state index >= 15 is 0 Å². The molecule has 3 nitrogen and oxygen atoms in total. The van der Waals surface area contributed by atoms with Crippen LogP contribution >= 0.6 is 0 Å². The van der Waals surface area contributed by atoms with Gasteiger partial charge in [0.15, 0.2) is 0 Å². The molecule has 0 spiro atoms. The molecule has 0 unspecified atom stereocenters. The summed E-state index contributed by atoms with van der Waals surface area (Å²) in [5, 5.41) is 1.22. The zero-order chi connectivity index (χ0) is 11.4. The molecule has 16 heavy (non-hydrogen) atoms. The van der Waals surface area contributed by atoms with Crippen LogP contribution in [0.3, 0.4) is 0 Å². The molecule has 0 aliphatic rings. The number of rotatable bonds is 3. The Kier molecular flexibility index (Phi) is 3.05. The van der Waals surface area contributed by atoms with Crippen LogP contribution in [-0.2, 0) is 0 Å². The summed E-state index contributed by atoms with van der Waals surface area (Å²) in [5.74, 6) is 0. The van der Waals surface area contributed by atoms with Gasteiger partial charge in [0.05, 0.1) is 6.34 Å². The summed E-state index contributed by atoms with van der Waals surface area (Å²) in [5.41, 5.74) is 2.31. The number of fused-ring (bicyclic) bond motifs is 1. The summed E-state index contributed by atoms with van der Waals surface area (Å²) >= 11 is 0. The Labute approximate surface area is 95.1 Å². The van der Waals surface area contributed by atoms with Gasteiger partial charge < -0.3 is 9.88 Å². The second-order valence-electron chi connectivity index (χ2n) is 3.83. The highest BCUT2D eigenvalue weighted by molar-refractivity contribution is 5.88. The van der Waals surface area contributed by atoms with Crippen molar-refractivity contribution < 1.29 is 0 Å². The molecule has 82 valence electrons. The Balaban J connectivity index is 2.21. The number of H-pyrrole nitrogens is 1. The van der Waals surface area contributed by atoms with Gasteiger partial charge in [-0.05, 0) is 12.1 Å². The average molecular weight is 213 g/mol. The Hall–Kier alpha value is -2.03. The number of hydrogen-bond donors (Lipinski definition) is 1. The number of nitrogens with one attached hydrogen (secondary N) is 1. The second kappa shape index (κ2) is 4.66. The van der Waals surface area contributed by atoms with E-state index in [1.165, 1.54) is 5.39 Å². The third-order valence-corrected chi connectivity index (χ3v) is 2.26. The van der Waals surface area contributed by atoms with Crippen LogP contribution in [0, 0.1) is 0 Å². The maximum atomic E-state index is 4.16. The summed E-state index contributed by atoms with van der Waals surface area (Å²) in [4.78, 5) is 9.29. The molecule has 0 atom stereocenters. The van der Waals surface area contributed by atoms with Gasteiger partial charge in [0, 0.05) is 43.0 Å². The lowest BCUT2D eigenvalue weighted by molar-refractivity contribution is 0.643. The first-order chi connectivity index (χ1) is 7.77. The summed E-state index contributed by atoms with van der Waals surface area (Å²) in [6.07, 6.45) is 7.56. The standard InChI is InChI=1S/C13H15N3/c1-16(2)10-14-8-7-11-9-15-13-6-4-3-5-12(11)13/h3-10,15H,1-2H3/b8-7+,14-10?. The lowest BCUT2D eigenvalue weighted by atomic mass is 10.2. The smallest absolute Gasteiger partial charge is 0.0899 e. The molecule has 1 aromatic carbocycles. The van der Waals surface area contributed by atoms with Gasteiger partial charge >= 0.3 is 0 Å². The van der Waals surface area contributed by atoms with E-state index in [1.54, 1.807) is 12.5 Å². The number of para-hydroxylation sites is 1. The molecule has 0 aliphatic carbocycles. The van der Waals surface area contributed by atoms with Crippen LogP contribution in [0.5, 0.6) is 0 Å². The van der Waals surface area contributed by atoms with Gasteiger partial charge in [-0.3, -0.25) is 0 Å². The fourth-order valence-corrected chi connectivity index (χ4v) is 1.53. The van der Waals surface area contributed by atoms with E-state index in [0.29, 0.717) is 0 Å². The molecule has 0 radical (unpaired) electrons. The van der Waals surface area contributed by atoms with Gasteiger partial charge in [-0.15, -0.1) is 0 Å². The first-order valence-corrected chi connectivity index (χ1v) is 5.20. The molecule has 0 amide bonds. The normalized spacial score (nSPS) is 11.9. The fraction of sp³-hybridized carbons (Fsp3) is 0.154. The van der Waals surface area contributed by atoms with Crippen LogP contribution in [0.4, 0.5) is 0 Å². The summed E-state index contributed by atoms with van der Waals surface area (Å²) in [6, 6.07) is 8.23. The highest BCUT2D eigenvalue weighted by Gasteiger charge is 1.97. The SMILES string of the molecule is CN(C)C=N/C=C/c1c[nH]c2ccccc12. The van der Waals surface area contributed by atoms with Gasteiger partial charge in [-0.2, -0.15) is 0 Å². The zero-order valence-electron chi connectivity index (χ0n) is 9.51. The minimum atomic E-state index is 1.15. The molecular formula is C13H15N3. The molecule has 0 aliphatic heterocycles. The largest absolute Gasteiger partial charge is 0.369 e. The molecule has 2 rings (SSSR count). The number of nitrogens with zero attached hydrogens (tertiary/aromatic N) is 2. The van der Waals surface area contributed by atoms with Crippen molar-refractivity contribution in [2.45, 2.75) is 0 Å². The molecule has 0 saturated heterocycles. The van der Waals surface area contributed by atoms with Crippen LogP contribution in [0.1, 0.15) is 5.56 Å². The predicted octanol–water partition coefficient (Wildman–Crippen LogP) is 2.73. The first-order valence-electron chi connectivity index (χ1n) is 5.20. The highest BCUT2D eigenvalue weighted by Crippen LogP contribution is 2.18. The molecular weight excluding hydrogens is 198 g/mol. The number of benzene rings is 1. The van der Waals surface area contributed by atoms with Crippen molar-refractivity contribution in [1.82, 2.24) is 9.88 Å². The molecule has 1 heterocycles. The lowest BCUT2D eigenvalue weighted by Crippen LogP contribution is -2.06. The van der Waals surface area contributed by atoms with Crippen LogP contribution in [0.2, 0.25) is 0 Å². The van der Waals surface area contributed by atoms with Crippen molar-refractivity contribution in [2.75, 3.05) is 14.1 Å². The van der Waals surface area contributed by atoms with Crippen molar-refractivity contribution in [1.29, 1.82) is 0 Å². The number of hydrogen-bond acceptors (Lipinski definition) is 1. The Bertz CT molecular complexity index is 521. The van der Waals surface area contributed by atoms with Gasteiger partial charge in [-0.1, -0.05) is 18.2 Å². The zero-order valence-corrected chi connectivity index (χ0v) is 9.51. The third-order valence-electron chi connectivity index (χ3n) is 2.26. The number of aromatic nitrogens is 1. The van der Waals surface area contributed by atoms with Crippen LogP contribution in [0.15, 0.2) is 41.7 Å². The molecule has 3 heteroatoms. The molecule has 0 bridgehead atoms. The van der Waals surface area contributed by atoms with Gasteiger partial charge in [0.25, 0.3) is 0 Å². The summed E-state index contributed by atoms with van der Waals surface area (Å²) in [7, 11) is 3.89. The fourth-order valence-electron chi connectivity index (χ4n) is 1.53. The van der Waals surface area contributed by atoms with E-state index in [4.69, 9.17) is 0 Å². The summed E-state index contributed by atoms with van der Waals surface area (Å²) < 4.78 is 0. The van der Waals surface area contributed by atoms with E-state index in [1.807, 2.05) is 43.4 Å². The molecule has 0 saturated carbocycles. The quantitative estimate of drug-likeness (QED) is 0.617. The van der Waals surface area contributed by atoms with E-state index in [2.05, 4.69) is 22.1 Å². The Morgan fingerprint density at radius 1 is 1.25 bits per heavy atom. The van der Waals surface area contributed by atoms with E-state index in [-0.39, 0.29) is 0 Å². The van der Waals surface area contributed by atoms with Crippen molar-refractivity contribution in [3.63, 3.8) is 0 Å². The summed E-state index contributed by atoms with van der Waals surface area (Å²) in [6.45, 7) is 0. The van der Waals surface area contributed by atoms with E-state index in [0.717, 1.165) is 11.1 Å². The Morgan fingerprint density at radius 3 is 2.88 bits per heavy atom. The maximum Gasteiger partial charge on any atom is 0.0899 e. The maximum absolute atomic E-state index is 4.16. The lowest BCUT2D eigenvalue weighted by Gasteiger charge is -1.99. The molecule has 0 fully saturated rings. The average Bonchev–Trinajstić information content (AvgIpc) is 2.68. The predicted molar refractivity (Wildman–Crippen MR) is 69.5 cm³/mol. The Morgan fingerprint density at radius 2 is 2.06 bits per heavy atom. The van der Waals surface area contributed by atoms with Crippen molar-refractivity contribution in [3.8, 4) is 0 Å². The number of aromatic amines is 1. The topological polar surface area (TPSA) is 31.4 Å². The van der Waals surface area contributed by atoms with Crippen LogP contribution < -0.4 is 0 Å². The van der Waals surface area contributed by atoms with Crippen LogP contribution in [0.25, 0.3) is 17.0 Å². The first kappa shape index (κ1) is 10.5. The van der Waals surface area contributed by atoms with E-state index < -0.39 is 0 Å². The van der Waals surface area contributed by atoms with Crippen molar-refractivity contribution in [2.24, 2.45) is 4.99 Å². The van der Waals surface area contributed by atoms with E-state index in [9.17, 15) is 0 Å². The third kappa shape index (κ3) is 2.31. The van der Waals surface area contributed by atoms with Crippen molar-refractivity contribution >= 4 is 23.3 Å². The molecule has 2 aromatic rings. The molecule has 1 N–H and O–H groups in total. The van der Waals surface area contributed by atoms with Gasteiger partial charge in [0.2, 0.25) is 0 Å². The minimum absolute atomic E-state index is 1.15. The molecule has 1 aromatic heterocycles. The monoisotopic (exact) mass is 213 g/mol. The second-order valence-corrected chi connectivity index (χ2v) is 3.83. The van der Waals surface area contributed by atoms with Gasteiger partial charge in [-0.25, -0.2) is 4.99 Å². The minimum Gasteiger partial charge on any atom is -0.369 e. The van der Waals surface area contributed by atoms with Crippen LogP contribution in [-0.4, -0.2) is 30.3 Å². The number of aliphatic imine (C=N–C) groups is 1. The highest BCUT2D eigenvalue weighted by atomic mass is 15.1.